The number of ether oxygens (including phenoxy) is 1. The highest BCUT2D eigenvalue weighted by molar-refractivity contribution is 7.17. The van der Waals surface area contributed by atoms with Crippen LogP contribution >= 0.6 is 22.9 Å². The van der Waals surface area contributed by atoms with Gasteiger partial charge in [0.25, 0.3) is 0 Å². The van der Waals surface area contributed by atoms with Crippen LogP contribution in [0.3, 0.4) is 0 Å². The molecule has 2 nitrogen and oxygen atoms in total. The Labute approximate surface area is 91.2 Å². The van der Waals surface area contributed by atoms with E-state index in [1.54, 1.807) is 17.4 Å². The van der Waals surface area contributed by atoms with Crippen LogP contribution in [0, 0.1) is 0 Å². The largest absolute Gasteiger partial charge is 0.492 e. The minimum atomic E-state index is 0.555. The summed E-state index contributed by atoms with van der Waals surface area (Å²) in [5.74, 6) is 0.816. The molecule has 1 heterocycles. The predicted octanol–water partition coefficient (Wildman–Crippen LogP) is 3.54. The first-order valence-electron chi connectivity index (χ1n) is 4.32. The molecule has 0 aliphatic rings. The lowest BCUT2D eigenvalue weighted by Crippen LogP contribution is -1.94. The highest BCUT2D eigenvalue weighted by atomic mass is 35.5. The summed E-state index contributed by atoms with van der Waals surface area (Å²) in [4.78, 5) is 0. The molecule has 2 rings (SSSR count). The quantitative estimate of drug-likeness (QED) is 0.797. The number of nitrogen functional groups attached to an aromatic ring is 1. The molecule has 1 aromatic carbocycles. The molecular weight excluding hydrogens is 218 g/mol. The van der Waals surface area contributed by atoms with Gasteiger partial charge < -0.3 is 10.5 Å². The van der Waals surface area contributed by atoms with Gasteiger partial charge in [-0.05, 0) is 18.4 Å². The minimum Gasteiger partial charge on any atom is -0.492 e. The molecule has 2 N–H and O–H groups in total. The number of benzene rings is 1. The van der Waals surface area contributed by atoms with Gasteiger partial charge in [0.05, 0.1) is 22.0 Å². The van der Waals surface area contributed by atoms with E-state index >= 15 is 0 Å². The number of rotatable bonds is 2. The molecular formula is C10H10ClNOS. The van der Waals surface area contributed by atoms with Crippen molar-refractivity contribution in [3.05, 3.63) is 22.5 Å². The number of nitrogens with two attached hydrogens (primary N) is 1. The van der Waals surface area contributed by atoms with E-state index < -0.39 is 0 Å². The van der Waals surface area contributed by atoms with E-state index in [4.69, 9.17) is 22.1 Å². The molecule has 0 saturated heterocycles. The van der Waals surface area contributed by atoms with E-state index in [9.17, 15) is 0 Å². The summed E-state index contributed by atoms with van der Waals surface area (Å²) in [5, 5.41) is 3.52. The Balaban J connectivity index is 2.71. The Morgan fingerprint density at radius 3 is 3.07 bits per heavy atom. The van der Waals surface area contributed by atoms with Gasteiger partial charge >= 0.3 is 0 Å². The summed E-state index contributed by atoms with van der Waals surface area (Å²) in [6.45, 7) is 2.58. The van der Waals surface area contributed by atoms with Crippen LogP contribution in [-0.2, 0) is 0 Å². The average Bonchev–Trinajstić information content (AvgIpc) is 2.63. The van der Waals surface area contributed by atoms with Gasteiger partial charge in [0.1, 0.15) is 5.75 Å². The third-order valence-electron chi connectivity index (χ3n) is 1.99. The standard InChI is InChI=1S/C10H10ClNOS/c1-2-13-8-5-7(11)9(12)6-3-4-14-10(6)8/h3-5H,2,12H2,1H3. The minimum absolute atomic E-state index is 0.555. The lowest BCUT2D eigenvalue weighted by atomic mass is 10.2. The van der Waals surface area contributed by atoms with Crippen LogP contribution in [-0.4, -0.2) is 6.61 Å². The van der Waals surface area contributed by atoms with Crippen molar-refractivity contribution in [1.82, 2.24) is 0 Å². The second kappa shape index (κ2) is 3.67. The maximum atomic E-state index is 5.99. The summed E-state index contributed by atoms with van der Waals surface area (Å²) in [7, 11) is 0. The molecule has 0 fully saturated rings. The molecule has 0 atom stereocenters. The van der Waals surface area contributed by atoms with Crippen LogP contribution in [0.15, 0.2) is 17.5 Å². The van der Waals surface area contributed by atoms with Gasteiger partial charge in [-0.1, -0.05) is 11.6 Å². The number of halogens is 1. The van der Waals surface area contributed by atoms with E-state index in [0.717, 1.165) is 15.8 Å². The van der Waals surface area contributed by atoms with Crippen LogP contribution in [0.4, 0.5) is 5.69 Å². The summed E-state index contributed by atoms with van der Waals surface area (Å²) in [6.07, 6.45) is 0. The molecule has 1 aromatic heterocycles. The number of fused-ring (bicyclic) bond motifs is 1. The van der Waals surface area contributed by atoms with Crippen LogP contribution in [0.5, 0.6) is 5.75 Å². The van der Waals surface area contributed by atoms with E-state index in [1.807, 2.05) is 18.4 Å². The molecule has 0 bridgehead atoms. The van der Waals surface area contributed by atoms with Crippen LogP contribution in [0.1, 0.15) is 6.92 Å². The molecule has 0 amide bonds. The van der Waals surface area contributed by atoms with Gasteiger partial charge in [-0.3, -0.25) is 0 Å². The first-order chi connectivity index (χ1) is 6.74. The van der Waals surface area contributed by atoms with Gasteiger partial charge in [-0.25, -0.2) is 0 Å². The van der Waals surface area contributed by atoms with E-state index in [0.29, 0.717) is 17.3 Å². The van der Waals surface area contributed by atoms with Gasteiger partial charge in [0.15, 0.2) is 0 Å². The van der Waals surface area contributed by atoms with Crippen LogP contribution in [0.2, 0.25) is 5.02 Å². The van der Waals surface area contributed by atoms with E-state index in [2.05, 4.69) is 0 Å². The Hall–Kier alpha value is -0.930. The summed E-state index contributed by atoms with van der Waals surface area (Å²) < 4.78 is 6.55. The van der Waals surface area contributed by atoms with Crippen molar-refractivity contribution in [1.29, 1.82) is 0 Å². The first-order valence-corrected chi connectivity index (χ1v) is 5.57. The van der Waals surface area contributed by atoms with Crippen molar-refractivity contribution in [3.8, 4) is 5.75 Å². The highest BCUT2D eigenvalue weighted by Gasteiger charge is 2.10. The van der Waals surface area contributed by atoms with Gasteiger partial charge in [0.2, 0.25) is 0 Å². The highest BCUT2D eigenvalue weighted by Crippen LogP contribution is 2.39. The van der Waals surface area contributed by atoms with Crippen molar-refractivity contribution in [2.24, 2.45) is 0 Å². The Bertz CT molecular complexity index is 466. The third-order valence-corrected chi connectivity index (χ3v) is 3.24. The monoisotopic (exact) mass is 227 g/mol. The molecule has 4 heteroatoms. The molecule has 2 aromatic rings. The van der Waals surface area contributed by atoms with Crippen LogP contribution < -0.4 is 10.5 Å². The second-order valence-corrected chi connectivity index (χ2v) is 4.19. The maximum Gasteiger partial charge on any atom is 0.138 e. The number of hydrogen-bond acceptors (Lipinski definition) is 3. The zero-order valence-electron chi connectivity index (χ0n) is 7.71. The topological polar surface area (TPSA) is 35.2 Å². The fourth-order valence-electron chi connectivity index (χ4n) is 1.36. The average molecular weight is 228 g/mol. The molecule has 0 spiro atoms. The Kier molecular flexibility index (Phi) is 2.52. The molecule has 0 aliphatic carbocycles. The molecule has 0 radical (unpaired) electrons. The van der Waals surface area contributed by atoms with Crippen LogP contribution in [0.25, 0.3) is 10.1 Å². The maximum absolute atomic E-state index is 5.99. The number of thiophene rings is 1. The lowest BCUT2D eigenvalue weighted by Gasteiger charge is -2.07. The van der Waals surface area contributed by atoms with Crippen molar-refractivity contribution < 1.29 is 4.74 Å². The van der Waals surface area contributed by atoms with Crippen molar-refractivity contribution in [2.45, 2.75) is 6.92 Å². The third kappa shape index (κ3) is 1.42. The number of anilines is 1. The smallest absolute Gasteiger partial charge is 0.138 e. The van der Waals surface area contributed by atoms with Crippen molar-refractivity contribution in [2.75, 3.05) is 12.3 Å². The van der Waals surface area contributed by atoms with E-state index in [-0.39, 0.29) is 0 Å². The zero-order valence-corrected chi connectivity index (χ0v) is 9.28. The Morgan fingerprint density at radius 1 is 1.57 bits per heavy atom. The van der Waals surface area contributed by atoms with Crippen molar-refractivity contribution >= 4 is 38.7 Å². The SMILES string of the molecule is CCOc1cc(Cl)c(N)c2ccsc12. The number of hydrogen-bond donors (Lipinski definition) is 1. The first kappa shape index (κ1) is 9.62. The van der Waals surface area contributed by atoms with Gasteiger partial charge in [-0.15, -0.1) is 11.3 Å². The predicted molar refractivity (Wildman–Crippen MR) is 62.4 cm³/mol. The zero-order chi connectivity index (χ0) is 10.1. The summed E-state index contributed by atoms with van der Waals surface area (Å²) in [5.41, 5.74) is 6.48. The fourth-order valence-corrected chi connectivity index (χ4v) is 2.44. The molecule has 14 heavy (non-hydrogen) atoms. The Morgan fingerprint density at radius 2 is 2.36 bits per heavy atom. The molecule has 0 saturated carbocycles. The lowest BCUT2D eigenvalue weighted by molar-refractivity contribution is 0.345. The second-order valence-electron chi connectivity index (χ2n) is 2.87. The van der Waals surface area contributed by atoms with Crippen molar-refractivity contribution in [3.63, 3.8) is 0 Å². The summed E-state index contributed by atoms with van der Waals surface area (Å²) >= 11 is 7.60. The van der Waals surface area contributed by atoms with E-state index in [1.165, 1.54) is 0 Å². The van der Waals surface area contributed by atoms with Gasteiger partial charge in [0, 0.05) is 11.5 Å². The molecule has 0 aliphatic heterocycles. The summed E-state index contributed by atoms with van der Waals surface area (Å²) in [6, 6.07) is 3.74. The molecule has 0 unspecified atom stereocenters. The normalized spacial score (nSPS) is 10.7. The fraction of sp³-hybridized carbons (Fsp3) is 0.200. The molecule has 74 valence electrons. The van der Waals surface area contributed by atoms with Gasteiger partial charge in [-0.2, -0.15) is 0 Å².